The molecule has 0 aliphatic carbocycles. The fraction of sp³-hybridized carbons (Fsp3) is 0.238. The first-order valence-electron chi connectivity index (χ1n) is 8.79. The summed E-state index contributed by atoms with van der Waals surface area (Å²) >= 11 is 0. The van der Waals surface area contributed by atoms with E-state index in [-0.39, 0.29) is 12.5 Å². The van der Waals surface area contributed by atoms with Crippen LogP contribution in [-0.2, 0) is 20.9 Å². The van der Waals surface area contributed by atoms with Crippen LogP contribution in [0.3, 0.4) is 0 Å². The summed E-state index contributed by atoms with van der Waals surface area (Å²) in [5.41, 5.74) is 1.65. The third kappa shape index (κ3) is 5.26. The standard InChI is InChI=1S/C21H21NO6/c1-25-17-11-16(12-18-21(17)27-10-9-26-18)7-8-20(24)28-14-19(23)22-13-15-5-3-2-4-6-15/h2-8,11-12H,9-10,13-14H2,1H3,(H,22,23)/b8-7+. The summed E-state index contributed by atoms with van der Waals surface area (Å²) in [5.74, 6) is 0.628. The molecule has 28 heavy (non-hydrogen) atoms. The minimum Gasteiger partial charge on any atom is -0.493 e. The zero-order valence-electron chi connectivity index (χ0n) is 15.5. The maximum absolute atomic E-state index is 11.9. The smallest absolute Gasteiger partial charge is 0.331 e. The van der Waals surface area contributed by atoms with Crippen molar-refractivity contribution in [3.05, 3.63) is 59.7 Å². The largest absolute Gasteiger partial charge is 0.493 e. The Labute approximate surface area is 162 Å². The Morgan fingerprint density at radius 1 is 1.14 bits per heavy atom. The molecule has 3 rings (SSSR count). The normalized spacial score (nSPS) is 12.5. The van der Waals surface area contributed by atoms with E-state index in [1.807, 2.05) is 30.3 Å². The molecule has 2 aromatic carbocycles. The van der Waals surface area contributed by atoms with Crippen molar-refractivity contribution in [3.8, 4) is 17.2 Å². The first kappa shape index (κ1) is 19.3. The van der Waals surface area contributed by atoms with Crippen LogP contribution in [0.5, 0.6) is 17.2 Å². The van der Waals surface area contributed by atoms with Gasteiger partial charge in [-0.3, -0.25) is 4.79 Å². The monoisotopic (exact) mass is 383 g/mol. The molecule has 0 bridgehead atoms. The molecular formula is C21H21NO6. The number of carbonyl (C=O) groups is 2. The van der Waals surface area contributed by atoms with Crippen LogP contribution in [0.2, 0.25) is 0 Å². The Balaban J connectivity index is 1.50. The lowest BCUT2D eigenvalue weighted by atomic mass is 10.1. The highest BCUT2D eigenvalue weighted by molar-refractivity contribution is 5.89. The predicted molar refractivity (Wildman–Crippen MR) is 102 cm³/mol. The molecule has 7 heteroatoms. The van der Waals surface area contributed by atoms with E-state index >= 15 is 0 Å². The van der Waals surface area contributed by atoms with Crippen LogP contribution in [0, 0.1) is 0 Å². The number of hydrogen-bond donors (Lipinski definition) is 1. The van der Waals surface area contributed by atoms with Crippen molar-refractivity contribution in [2.75, 3.05) is 26.9 Å². The van der Waals surface area contributed by atoms with Crippen molar-refractivity contribution in [1.29, 1.82) is 0 Å². The van der Waals surface area contributed by atoms with Gasteiger partial charge >= 0.3 is 5.97 Å². The Morgan fingerprint density at radius 3 is 2.71 bits per heavy atom. The lowest BCUT2D eigenvalue weighted by molar-refractivity contribution is -0.143. The van der Waals surface area contributed by atoms with Gasteiger partial charge in [-0.05, 0) is 29.3 Å². The third-order valence-electron chi connectivity index (χ3n) is 3.94. The highest BCUT2D eigenvalue weighted by atomic mass is 16.6. The van der Waals surface area contributed by atoms with Crippen LogP contribution in [0.15, 0.2) is 48.5 Å². The van der Waals surface area contributed by atoms with Gasteiger partial charge in [-0.1, -0.05) is 30.3 Å². The second-order valence-electron chi connectivity index (χ2n) is 5.95. The molecule has 0 fully saturated rings. The molecule has 0 aromatic heterocycles. The molecule has 1 aliphatic heterocycles. The van der Waals surface area contributed by atoms with E-state index in [1.54, 1.807) is 18.2 Å². The van der Waals surface area contributed by atoms with Crippen molar-refractivity contribution in [3.63, 3.8) is 0 Å². The summed E-state index contributed by atoms with van der Waals surface area (Å²) < 4.78 is 21.3. The topological polar surface area (TPSA) is 83.1 Å². The summed E-state index contributed by atoms with van der Waals surface area (Å²) in [4.78, 5) is 23.6. The van der Waals surface area contributed by atoms with E-state index in [0.29, 0.717) is 42.6 Å². The van der Waals surface area contributed by atoms with Crippen LogP contribution < -0.4 is 19.5 Å². The molecule has 0 unspecified atom stereocenters. The Morgan fingerprint density at radius 2 is 1.93 bits per heavy atom. The second-order valence-corrected chi connectivity index (χ2v) is 5.95. The van der Waals surface area contributed by atoms with Crippen molar-refractivity contribution in [1.82, 2.24) is 5.32 Å². The number of rotatable bonds is 7. The van der Waals surface area contributed by atoms with Gasteiger partial charge in [-0.25, -0.2) is 4.79 Å². The lowest BCUT2D eigenvalue weighted by Gasteiger charge is -2.20. The van der Waals surface area contributed by atoms with Gasteiger partial charge in [0.25, 0.3) is 5.91 Å². The average Bonchev–Trinajstić information content (AvgIpc) is 2.74. The SMILES string of the molecule is COc1cc(/C=C/C(=O)OCC(=O)NCc2ccccc2)cc2c1OCCO2. The van der Waals surface area contributed by atoms with Gasteiger partial charge in [0, 0.05) is 12.6 Å². The van der Waals surface area contributed by atoms with Gasteiger partial charge in [-0.15, -0.1) is 0 Å². The van der Waals surface area contributed by atoms with Gasteiger partial charge in [0.15, 0.2) is 18.1 Å². The highest BCUT2D eigenvalue weighted by Crippen LogP contribution is 2.40. The Kier molecular flexibility index (Phi) is 6.51. The van der Waals surface area contributed by atoms with Crippen molar-refractivity contribution in [2.45, 2.75) is 6.54 Å². The molecule has 0 atom stereocenters. The van der Waals surface area contributed by atoms with E-state index in [1.165, 1.54) is 13.2 Å². The highest BCUT2D eigenvalue weighted by Gasteiger charge is 2.17. The van der Waals surface area contributed by atoms with Crippen molar-refractivity contribution >= 4 is 18.0 Å². The Hall–Kier alpha value is -3.48. The number of ether oxygens (including phenoxy) is 4. The summed E-state index contributed by atoms with van der Waals surface area (Å²) in [6.45, 7) is 0.936. The fourth-order valence-electron chi connectivity index (χ4n) is 2.59. The number of nitrogens with one attached hydrogen (secondary N) is 1. The Bertz CT molecular complexity index is 845. The third-order valence-corrected chi connectivity index (χ3v) is 3.94. The maximum Gasteiger partial charge on any atom is 0.331 e. The molecule has 0 spiro atoms. The molecule has 1 N–H and O–H groups in total. The number of carbonyl (C=O) groups excluding carboxylic acids is 2. The van der Waals surface area contributed by atoms with Gasteiger partial charge < -0.3 is 24.3 Å². The number of amides is 1. The van der Waals surface area contributed by atoms with Crippen LogP contribution in [0.25, 0.3) is 6.08 Å². The van der Waals surface area contributed by atoms with Crippen molar-refractivity contribution < 1.29 is 28.5 Å². The first-order chi connectivity index (χ1) is 13.7. The lowest BCUT2D eigenvalue weighted by Crippen LogP contribution is -2.28. The van der Waals surface area contributed by atoms with Gasteiger partial charge in [0.2, 0.25) is 5.75 Å². The molecule has 7 nitrogen and oxygen atoms in total. The maximum atomic E-state index is 11.9. The number of fused-ring (bicyclic) bond motifs is 1. The molecule has 2 aromatic rings. The number of hydrogen-bond acceptors (Lipinski definition) is 6. The van der Waals surface area contributed by atoms with Gasteiger partial charge in [-0.2, -0.15) is 0 Å². The number of benzene rings is 2. The van der Waals surface area contributed by atoms with Gasteiger partial charge in [0.05, 0.1) is 7.11 Å². The summed E-state index contributed by atoms with van der Waals surface area (Å²) in [7, 11) is 1.53. The van der Waals surface area contributed by atoms with Crippen LogP contribution in [-0.4, -0.2) is 38.8 Å². The van der Waals surface area contributed by atoms with E-state index in [4.69, 9.17) is 18.9 Å². The van der Waals surface area contributed by atoms with E-state index in [0.717, 1.165) is 5.56 Å². The van der Waals surface area contributed by atoms with Crippen LogP contribution >= 0.6 is 0 Å². The molecule has 146 valence electrons. The predicted octanol–water partition coefficient (Wildman–Crippen LogP) is 2.34. The minimum atomic E-state index is -0.622. The average molecular weight is 383 g/mol. The summed E-state index contributed by atoms with van der Waals surface area (Å²) in [6.07, 6.45) is 2.81. The molecule has 1 heterocycles. The zero-order chi connectivity index (χ0) is 19.8. The van der Waals surface area contributed by atoms with E-state index in [9.17, 15) is 9.59 Å². The first-order valence-corrected chi connectivity index (χ1v) is 8.79. The summed E-state index contributed by atoms with van der Waals surface area (Å²) in [6, 6.07) is 12.9. The number of esters is 1. The summed E-state index contributed by atoms with van der Waals surface area (Å²) in [5, 5.41) is 2.69. The zero-order valence-corrected chi connectivity index (χ0v) is 15.5. The number of methoxy groups -OCH3 is 1. The van der Waals surface area contributed by atoms with Crippen molar-refractivity contribution in [2.24, 2.45) is 0 Å². The second kappa shape index (κ2) is 9.45. The van der Waals surface area contributed by atoms with E-state index in [2.05, 4.69) is 5.32 Å². The minimum absolute atomic E-state index is 0.347. The molecule has 1 aliphatic rings. The molecule has 1 amide bonds. The van der Waals surface area contributed by atoms with Gasteiger partial charge in [0.1, 0.15) is 13.2 Å². The quantitative estimate of drug-likeness (QED) is 0.584. The molecular weight excluding hydrogens is 362 g/mol. The van der Waals surface area contributed by atoms with Crippen LogP contribution in [0.1, 0.15) is 11.1 Å². The molecule has 0 radical (unpaired) electrons. The molecule has 0 saturated heterocycles. The fourth-order valence-corrected chi connectivity index (χ4v) is 2.59. The van der Waals surface area contributed by atoms with E-state index < -0.39 is 5.97 Å². The molecule has 0 saturated carbocycles. The van der Waals surface area contributed by atoms with Crippen LogP contribution in [0.4, 0.5) is 0 Å².